The predicted octanol–water partition coefficient (Wildman–Crippen LogP) is 4.15. The maximum absolute atomic E-state index is 12.4. The maximum Gasteiger partial charge on any atom is 0.573 e. The Morgan fingerprint density at radius 3 is 2.58 bits per heavy atom. The van der Waals surface area contributed by atoms with Gasteiger partial charge in [0.1, 0.15) is 11.3 Å². The van der Waals surface area contributed by atoms with Crippen molar-refractivity contribution in [1.29, 1.82) is 0 Å². The van der Waals surface area contributed by atoms with Crippen molar-refractivity contribution in [1.82, 2.24) is 5.32 Å². The van der Waals surface area contributed by atoms with E-state index >= 15 is 0 Å². The van der Waals surface area contributed by atoms with E-state index in [0.29, 0.717) is 4.90 Å². The van der Waals surface area contributed by atoms with Gasteiger partial charge in [0.2, 0.25) is 0 Å². The van der Waals surface area contributed by atoms with Crippen LogP contribution in [0.15, 0.2) is 47.4 Å². The lowest BCUT2D eigenvalue weighted by molar-refractivity contribution is -0.385. The molecule has 0 aliphatic heterocycles. The van der Waals surface area contributed by atoms with E-state index in [2.05, 4.69) is 10.1 Å². The lowest BCUT2D eigenvalue weighted by Crippen LogP contribution is -2.25. The van der Waals surface area contributed by atoms with Crippen LogP contribution in [-0.4, -0.2) is 23.4 Å². The fourth-order valence-electron chi connectivity index (χ4n) is 2.13. The Morgan fingerprint density at radius 1 is 1.27 bits per heavy atom. The number of thioether (sulfide) groups is 1. The van der Waals surface area contributed by atoms with Gasteiger partial charge in [0.15, 0.2) is 0 Å². The Balaban J connectivity index is 2.21. The molecule has 1 N–H and O–H groups in total. The van der Waals surface area contributed by atoms with E-state index in [9.17, 15) is 28.1 Å². The topological polar surface area (TPSA) is 81.5 Å². The van der Waals surface area contributed by atoms with Crippen molar-refractivity contribution in [2.75, 3.05) is 6.26 Å². The number of nitro benzene ring substituents is 1. The third-order valence-corrected chi connectivity index (χ3v) is 4.01. The fraction of sp³-hybridized carbons (Fsp3) is 0.188. The molecule has 0 unspecified atom stereocenters. The summed E-state index contributed by atoms with van der Waals surface area (Å²) >= 11 is 1.30. The van der Waals surface area contributed by atoms with Crippen molar-refractivity contribution in [2.24, 2.45) is 0 Å². The second kappa shape index (κ2) is 8.09. The number of carbonyl (C=O) groups is 1. The molecule has 0 bridgehead atoms. The summed E-state index contributed by atoms with van der Waals surface area (Å²) in [5, 5.41) is 13.5. The van der Waals surface area contributed by atoms with Gasteiger partial charge >= 0.3 is 6.36 Å². The summed E-state index contributed by atoms with van der Waals surface area (Å²) in [6.07, 6.45) is -3.13. The molecular formula is C16H13F3N2O4S. The minimum Gasteiger partial charge on any atom is -0.405 e. The molecule has 1 amide bonds. The number of amides is 1. The van der Waals surface area contributed by atoms with Crippen molar-refractivity contribution in [2.45, 2.75) is 17.8 Å². The van der Waals surface area contributed by atoms with Gasteiger partial charge in [-0.25, -0.2) is 0 Å². The molecule has 10 heteroatoms. The van der Waals surface area contributed by atoms with E-state index in [1.165, 1.54) is 48.2 Å². The molecule has 0 saturated heterocycles. The predicted molar refractivity (Wildman–Crippen MR) is 89.2 cm³/mol. The number of nitrogens with zero attached hydrogens (tertiary/aromatic N) is 1. The van der Waals surface area contributed by atoms with E-state index in [1.807, 2.05) is 0 Å². The standard InChI is InChI=1S/C16H13F3N2O4S/c1-26-11-6-7-13(21(23)24)12(8-11)15(22)20-9-10-4-2-3-5-14(10)25-16(17,18)19/h2-8H,9H2,1H3,(H,20,22). The number of ether oxygens (including phenoxy) is 1. The first-order valence-corrected chi connectivity index (χ1v) is 8.38. The van der Waals surface area contributed by atoms with Gasteiger partial charge in [-0.15, -0.1) is 24.9 Å². The van der Waals surface area contributed by atoms with Crippen LogP contribution in [0.4, 0.5) is 18.9 Å². The Kier molecular flexibility index (Phi) is 6.09. The average Bonchev–Trinajstić information content (AvgIpc) is 2.58. The van der Waals surface area contributed by atoms with E-state index in [0.717, 1.165) is 6.07 Å². The molecular weight excluding hydrogens is 373 g/mol. The van der Waals surface area contributed by atoms with Crippen molar-refractivity contribution < 1.29 is 27.6 Å². The molecule has 0 heterocycles. The van der Waals surface area contributed by atoms with Crippen LogP contribution in [0.5, 0.6) is 5.75 Å². The highest BCUT2D eigenvalue weighted by atomic mass is 32.2. The quantitative estimate of drug-likeness (QED) is 0.458. The van der Waals surface area contributed by atoms with Gasteiger partial charge in [-0.3, -0.25) is 14.9 Å². The zero-order valence-electron chi connectivity index (χ0n) is 13.4. The molecule has 26 heavy (non-hydrogen) atoms. The molecule has 6 nitrogen and oxygen atoms in total. The number of benzene rings is 2. The van der Waals surface area contributed by atoms with Crippen molar-refractivity contribution >= 4 is 23.4 Å². The van der Waals surface area contributed by atoms with E-state index in [4.69, 9.17) is 0 Å². The zero-order valence-corrected chi connectivity index (χ0v) is 14.2. The molecule has 0 aliphatic rings. The zero-order chi connectivity index (χ0) is 19.3. The number of halogens is 3. The van der Waals surface area contributed by atoms with E-state index < -0.39 is 22.9 Å². The number of carbonyl (C=O) groups excluding carboxylic acids is 1. The van der Waals surface area contributed by atoms with Crippen molar-refractivity contribution in [3.63, 3.8) is 0 Å². The Labute approximate surface area is 150 Å². The van der Waals surface area contributed by atoms with Crippen LogP contribution in [-0.2, 0) is 6.54 Å². The summed E-state index contributed by atoms with van der Waals surface area (Å²) in [4.78, 5) is 23.4. The summed E-state index contributed by atoms with van der Waals surface area (Å²) in [6.45, 7) is -0.286. The highest BCUT2D eigenvalue weighted by molar-refractivity contribution is 7.98. The Hall–Kier alpha value is -2.75. The van der Waals surface area contributed by atoms with Gasteiger partial charge in [-0.2, -0.15) is 0 Å². The van der Waals surface area contributed by atoms with Crippen LogP contribution in [0.3, 0.4) is 0 Å². The van der Waals surface area contributed by atoms with Gasteiger partial charge in [-0.1, -0.05) is 18.2 Å². The lowest BCUT2D eigenvalue weighted by Gasteiger charge is -2.13. The molecule has 0 aliphatic carbocycles. The minimum absolute atomic E-state index is 0.0850. The summed E-state index contributed by atoms with van der Waals surface area (Å²) in [7, 11) is 0. The molecule has 138 valence electrons. The number of rotatable bonds is 6. The number of hydrogen-bond donors (Lipinski definition) is 1. The van der Waals surface area contributed by atoms with Crippen LogP contribution in [0.2, 0.25) is 0 Å². The largest absolute Gasteiger partial charge is 0.573 e. The first-order valence-electron chi connectivity index (χ1n) is 7.15. The van der Waals surface area contributed by atoms with Gasteiger partial charge in [0.25, 0.3) is 11.6 Å². The molecule has 2 aromatic carbocycles. The Bertz CT molecular complexity index is 827. The second-order valence-corrected chi connectivity index (χ2v) is 5.86. The molecule has 0 fully saturated rings. The normalized spacial score (nSPS) is 11.1. The third kappa shape index (κ3) is 5.12. The smallest absolute Gasteiger partial charge is 0.405 e. The molecule has 2 aromatic rings. The highest BCUT2D eigenvalue weighted by Gasteiger charge is 2.32. The van der Waals surface area contributed by atoms with E-state index in [-0.39, 0.29) is 23.4 Å². The average molecular weight is 386 g/mol. The Morgan fingerprint density at radius 2 is 1.96 bits per heavy atom. The first-order chi connectivity index (χ1) is 12.2. The van der Waals surface area contributed by atoms with Gasteiger partial charge < -0.3 is 10.1 Å². The SMILES string of the molecule is CSc1ccc([N+](=O)[O-])c(C(=O)NCc2ccccc2OC(F)(F)F)c1. The summed E-state index contributed by atoms with van der Waals surface area (Å²) in [6, 6.07) is 9.39. The van der Waals surface area contributed by atoms with Crippen molar-refractivity contribution in [3.8, 4) is 5.75 Å². The monoisotopic (exact) mass is 386 g/mol. The highest BCUT2D eigenvalue weighted by Crippen LogP contribution is 2.27. The number of nitro groups is 1. The van der Waals surface area contributed by atoms with Gasteiger partial charge in [-0.05, 0) is 24.5 Å². The molecule has 0 spiro atoms. The fourth-order valence-corrected chi connectivity index (χ4v) is 2.57. The second-order valence-electron chi connectivity index (χ2n) is 4.98. The van der Waals surface area contributed by atoms with Gasteiger partial charge in [0.05, 0.1) is 4.92 Å². The van der Waals surface area contributed by atoms with Gasteiger partial charge in [0, 0.05) is 23.1 Å². The molecule has 0 aromatic heterocycles. The first kappa shape index (κ1) is 19.6. The van der Waals surface area contributed by atoms with Crippen LogP contribution in [0.25, 0.3) is 0 Å². The summed E-state index contributed by atoms with van der Waals surface area (Å²) in [5.41, 5.74) is -0.474. The van der Waals surface area contributed by atoms with E-state index in [1.54, 1.807) is 6.26 Å². The molecule has 0 radical (unpaired) electrons. The number of alkyl halides is 3. The van der Waals surface area contributed by atoms with Crippen molar-refractivity contribution in [3.05, 3.63) is 63.7 Å². The summed E-state index contributed by atoms with van der Waals surface area (Å²) in [5.74, 6) is -1.22. The molecule has 0 saturated carbocycles. The van der Waals surface area contributed by atoms with Crippen LogP contribution in [0.1, 0.15) is 15.9 Å². The van der Waals surface area contributed by atoms with Crippen LogP contribution < -0.4 is 10.1 Å². The number of hydrogen-bond acceptors (Lipinski definition) is 5. The third-order valence-electron chi connectivity index (χ3n) is 3.28. The molecule has 0 atom stereocenters. The number of para-hydroxylation sites is 1. The summed E-state index contributed by atoms with van der Waals surface area (Å²) < 4.78 is 41.2. The minimum atomic E-state index is -4.87. The lowest BCUT2D eigenvalue weighted by atomic mass is 10.1. The molecule has 2 rings (SSSR count). The maximum atomic E-state index is 12.4. The van der Waals surface area contributed by atoms with Crippen LogP contribution >= 0.6 is 11.8 Å². The van der Waals surface area contributed by atoms with Crippen LogP contribution in [0, 0.1) is 10.1 Å². The number of nitrogens with one attached hydrogen (secondary N) is 1.